The fraction of sp³-hybridized carbons (Fsp3) is 0.652. The molecular formula is C23H35N3O5. The highest BCUT2D eigenvalue weighted by atomic mass is 16.5. The van der Waals surface area contributed by atoms with Gasteiger partial charge in [-0.2, -0.15) is 0 Å². The quantitative estimate of drug-likeness (QED) is 0.699. The van der Waals surface area contributed by atoms with Crippen LogP contribution in [0.2, 0.25) is 0 Å². The molecule has 2 N–H and O–H groups in total. The van der Waals surface area contributed by atoms with E-state index in [0.717, 1.165) is 30.9 Å². The van der Waals surface area contributed by atoms with Crippen LogP contribution in [-0.2, 0) is 9.59 Å². The first-order chi connectivity index (χ1) is 15.0. The summed E-state index contributed by atoms with van der Waals surface area (Å²) in [4.78, 5) is 26.2. The number of carboxylic acids is 2. The highest BCUT2D eigenvalue weighted by Gasteiger charge is 2.31. The molecule has 0 spiro atoms. The number of likely N-dealkylation sites (tertiary alicyclic amines) is 1. The topological polar surface area (TPSA) is 93.5 Å². The predicted octanol–water partition coefficient (Wildman–Crippen LogP) is 2.38. The number of nitrogens with zero attached hydrogens (tertiary/aromatic N) is 3. The third-order valence-electron chi connectivity index (χ3n) is 6.78. The smallest absolute Gasteiger partial charge is 0.414 e. The second kappa shape index (κ2) is 11.3. The lowest BCUT2D eigenvalue weighted by Crippen LogP contribution is -2.54. The molecule has 8 nitrogen and oxygen atoms in total. The fourth-order valence-corrected chi connectivity index (χ4v) is 5.10. The number of benzene rings is 1. The Hall–Kier alpha value is -2.32. The Morgan fingerprint density at radius 2 is 1.32 bits per heavy atom. The normalized spacial score (nSPS) is 21.4. The lowest BCUT2D eigenvalue weighted by molar-refractivity contribution is -0.159. The Bertz CT molecular complexity index is 710. The number of rotatable bonds is 4. The summed E-state index contributed by atoms with van der Waals surface area (Å²) in [7, 11) is 1.77. The van der Waals surface area contributed by atoms with Gasteiger partial charge in [0.15, 0.2) is 0 Å². The van der Waals surface area contributed by atoms with Crippen molar-refractivity contribution in [2.75, 3.05) is 51.3 Å². The number of carbonyl (C=O) groups is 2. The summed E-state index contributed by atoms with van der Waals surface area (Å²) >= 11 is 0. The number of hydrogen-bond donors (Lipinski definition) is 2. The molecule has 3 aliphatic rings. The molecule has 0 atom stereocenters. The van der Waals surface area contributed by atoms with Gasteiger partial charge in [-0.15, -0.1) is 0 Å². The molecule has 0 radical (unpaired) electrons. The molecule has 0 amide bonds. The largest absolute Gasteiger partial charge is 0.495 e. The number of piperidine rings is 1. The lowest BCUT2D eigenvalue weighted by atomic mass is 10.00. The first-order valence-electron chi connectivity index (χ1n) is 11.3. The van der Waals surface area contributed by atoms with Crippen molar-refractivity contribution in [2.24, 2.45) is 0 Å². The Morgan fingerprint density at radius 1 is 0.806 bits per heavy atom. The average molecular weight is 434 g/mol. The van der Waals surface area contributed by atoms with Crippen molar-refractivity contribution >= 4 is 17.6 Å². The maximum Gasteiger partial charge on any atom is 0.414 e. The summed E-state index contributed by atoms with van der Waals surface area (Å²) in [6.45, 7) is 7.24. The Morgan fingerprint density at radius 3 is 1.87 bits per heavy atom. The van der Waals surface area contributed by atoms with E-state index in [4.69, 9.17) is 24.5 Å². The van der Waals surface area contributed by atoms with Crippen molar-refractivity contribution in [3.63, 3.8) is 0 Å². The molecule has 2 saturated heterocycles. The van der Waals surface area contributed by atoms with Gasteiger partial charge in [0.05, 0.1) is 12.8 Å². The molecule has 31 heavy (non-hydrogen) atoms. The van der Waals surface area contributed by atoms with Crippen LogP contribution in [0, 0.1) is 0 Å². The van der Waals surface area contributed by atoms with Crippen LogP contribution in [0.5, 0.6) is 5.75 Å². The Kier molecular flexibility index (Phi) is 8.54. The number of piperazine rings is 1. The number of anilines is 1. The minimum Gasteiger partial charge on any atom is -0.495 e. The van der Waals surface area contributed by atoms with Gasteiger partial charge in [0, 0.05) is 38.3 Å². The number of aliphatic carboxylic acids is 2. The number of methoxy groups -OCH3 is 1. The van der Waals surface area contributed by atoms with E-state index in [-0.39, 0.29) is 0 Å². The summed E-state index contributed by atoms with van der Waals surface area (Å²) in [6.07, 6.45) is 8.53. The third-order valence-corrected chi connectivity index (χ3v) is 6.78. The minimum absolute atomic E-state index is 0.803. The van der Waals surface area contributed by atoms with Crippen LogP contribution in [-0.4, -0.2) is 90.4 Å². The van der Waals surface area contributed by atoms with Crippen molar-refractivity contribution in [1.29, 1.82) is 0 Å². The van der Waals surface area contributed by atoms with Crippen LogP contribution in [0.3, 0.4) is 0 Å². The number of ether oxygens (including phenoxy) is 1. The van der Waals surface area contributed by atoms with Crippen LogP contribution in [0.1, 0.15) is 38.5 Å². The molecule has 0 unspecified atom stereocenters. The first kappa shape index (κ1) is 23.3. The summed E-state index contributed by atoms with van der Waals surface area (Å²) in [5, 5.41) is 14.8. The molecule has 0 bridgehead atoms. The van der Waals surface area contributed by atoms with Gasteiger partial charge >= 0.3 is 11.9 Å². The molecule has 2 aliphatic heterocycles. The monoisotopic (exact) mass is 433 g/mol. The van der Waals surface area contributed by atoms with Crippen LogP contribution >= 0.6 is 0 Å². The second-order valence-electron chi connectivity index (χ2n) is 8.51. The molecule has 172 valence electrons. The molecule has 1 aliphatic carbocycles. The van der Waals surface area contributed by atoms with E-state index in [9.17, 15) is 0 Å². The van der Waals surface area contributed by atoms with Crippen molar-refractivity contribution in [3.05, 3.63) is 24.3 Å². The molecule has 4 rings (SSSR count). The van der Waals surface area contributed by atoms with Crippen molar-refractivity contribution in [3.8, 4) is 5.75 Å². The van der Waals surface area contributed by atoms with Gasteiger partial charge in [-0.3, -0.25) is 4.90 Å². The van der Waals surface area contributed by atoms with Crippen LogP contribution in [0.4, 0.5) is 5.69 Å². The van der Waals surface area contributed by atoms with Gasteiger partial charge in [-0.05, 0) is 50.9 Å². The molecule has 3 fully saturated rings. The fourth-order valence-electron chi connectivity index (χ4n) is 5.10. The Balaban J connectivity index is 0.000000401. The van der Waals surface area contributed by atoms with Gasteiger partial charge < -0.3 is 24.7 Å². The molecule has 2 heterocycles. The van der Waals surface area contributed by atoms with Crippen molar-refractivity contribution in [2.45, 2.75) is 50.6 Å². The molecule has 1 saturated carbocycles. The summed E-state index contributed by atoms with van der Waals surface area (Å²) in [5.41, 5.74) is 1.25. The highest BCUT2D eigenvalue weighted by Crippen LogP contribution is 2.30. The molecular weight excluding hydrogens is 398 g/mol. The highest BCUT2D eigenvalue weighted by molar-refractivity contribution is 6.27. The van der Waals surface area contributed by atoms with Crippen LogP contribution in [0.25, 0.3) is 0 Å². The second-order valence-corrected chi connectivity index (χ2v) is 8.51. The summed E-state index contributed by atoms with van der Waals surface area (Å²) in [5.74, 6) is -2.65. The number of para-hydroxylation sites is 2. The average Bonchev–Trinajstić information content (AvgIpc) is 3.35. The standard InChI is InChI=1S/C21H33N3O.C2H2O4/c1-25-21-9-5-4-8-20(21)24-16-14-23(15-17-24)19-10-12-22(13-11-19)18-6-2-3-7-18;3-1(4)2(5)6/h4-5,8-9,18-19H,2-3,6-7,10-17H2,1H3;(H,3,4)(H,5,6). The van der Waals surface area contributed by atoms with Gasteiger partial charge in [-0.25, -0.2) is 9.59 Å². The lowest BCUT2D eigenvalue weighted by Gasteiger charge is -2.44. The van der Waals surface area contributed by atoms with Gasteiger partial charge in [0.25, 0.3) is 0 Å². The zero-order valence-corrected chi connectivity index (χ0v) is 18.4. The molecule has 0 aromatic heterocycles. The maximum absolute atomic E-state index is 9.10. The van der Waals surface area contributed by atoms with Gasteiger partial charge in [0.2, 0.25) is 0 Å². The van der Waals surface area contributed by atoms with Gasteiger partial charge in [0.1, 0.15) is 5.75 Å². The number of hydrogen-bond acceptors (Lipinski definition) is 6. The first-order valence-corrected chi connectivity index (χ1v) is 11.3. The minimum atomic E-state index is -1.82. The SMILES string of the molecule is COc1ccccc1N1CCN(C2CCN(C3CCCC3)CC2)CC1.O=C(O)C(=O)O. The predicted molar refractivity (Wildman–Crippen MR) is 119 cm³/mol. The molecule has 8 heteroatoms. The van der Waals surface area contributed by atoms with Gasteiger partial charge in [-0.1, -0.05) is 25.0 Å². The maximum atomic E-state index is 9.10. The third kappa shape index (κ3) is 6.33. The summed E-state index contributed by atoms with van der Waals surface area (Å²) in [6, 6.07) is 10.1. The van der Waals surface area contributed by atoms with Crippen molar-refractivity contribution in [1.82, 2.24) is 9.80 Å². The van der Waals surface area contributed by atoms with Crippen molar-refractivity contribution < 1.29 is 24.5 Å². The van der Waals surface area contributed by atoms with Crippen LogP contribution in [0.15, 0.2) is 24.3 Å². The molecule has 1 aromatic carbocycles. The van der Waals surface area contributed by atoms with E-state index in [1.807, 2.05) is 0 Å². The Labute approximate surface area is 184 Å². The van der Waals surface area contributed by atoms with E-state index < -0.39 is 11.9 Å². The number of carboxylic acid groups (broad SMARTS) is 2. The summed E-state index contributed by atoms with van der Waals surface area (Å²) < 4.78 is 5.54. The van der Waals surface area contributed by atoms with E-state index in [0.29, 0.717) is 0 Å². The van der Waals surface area contributed by atoms with E-state index in [1.54, 1.807) is 7.11 Å². The van der Waals surface area contributed by atoms with E-state index in [1.165, 1.54) is 70.4 Å². The zero-order valence-electron chi connectivity index (χ0n) is 18.4. The molecule has 1 aromatic rings. The van der Waals surface area contributed by atoms with Crippen LogP contribution < -0.4 is 9.64 Å². The van der Waals surface area contributed by atoms with E-state index in [2.05, 4.69) is 39.0 Å². The zero-order chi connectivity index (χ0) is 22.2. The van der Waals surface area contributed by atoms with E-state index >= 15 is 0 Å².